The topological polar surface area (TPSA) is 86.2 Å². The molecule has 0 aliphatic carbocycles. The average molecular weight is 525 g/mol. The van der Waals surface area contributed by atoms with E-state index < -0.39 is 12.1 Å². The van der Waals surface area contributed by atoms with Crippen molar-refractivity contribution in [1.29, 1.82) is 0 Å². The summed E-state index contributed by atoms with van der Waals surface area (Å²) in [5, 5.41) is 3.95. The molecule has 1 unspecified atom stereocenters. The van der Waals surface area contributed by atoms with Crippen molar-refractivity contribution >= 4 is 34.0 Å². The second-order valence-electron chi connectivity index (χ2n) is 7.28. The number of esters is 1. The minimum absolute atomic E-state index is 0.379. The van der Waals surface area contributed by atoms with E-state index in [1.165, 1.54) is 6.21 Å². The number of hydrogen-bond acceptors (Lipinski definition) is 6. The second kappa shape index (κ2) is 12.6. The molecule has 7 nitrogen and oxygen atoms in total. The van der Waals surface area contributed by atoms with Crippen molar-refractivity contribution in [2.45, 2.75) is 26.4 Å². The van der Waals surface area contributed by atoms with Gasteiger partial charge in [0.25, 0.3) is 5.91 Å². The number of hydrazone groups is 1. The van der Waals surface area contributed by atoms with Gasteiger partial charge in [-0.1, -0.05) is 22.9 Å². The number of nitrogens with zero attached hydrogens (tertiary/aromatic N) is 1. The fraction of sp³-hybridized carbons (Fsp3) is 0.192. The Labute approximate surface area is 206 Å². The van der Waals surface area contributed by atoms with Crippen LogP contribution < -0.4 is 19.6 Å². The van der Waals surface area contributed by atoms with Crippen LogP contribution in [0.25, 0.3) is 0 Å². The SMILES string of the molecule is CCCOc1ccc(C(=O)Oc2ccc(/C=N/NC(=O)C(C)Oc3ccc(Br)cc3)cc2)cc1. The van der Waals surface area contributed by atoms with E-state index >= 15 is 0 Å². The predicted molar refractivity (Wildman–Crippen MR) is 134 cm³/mol. The molecule has 0 saturated heterocycles. The molecule has 0 radical (unpaired) electrons. The van der Waals surface area contributed by atoms with Crippen LogP contribution in [0.15, 0.2) is 82.4 Å². The lowest BCUT2D eigenvalue weighted by molar-refractivity contribution is -0.127. The van der Waals surface area contributed by atoms with Crippen molar-refractivity contribution < 1.29 is 23.8 Å². The summed E-state index contributed by atoms with van der Waals surface area (Å²) in [4.78, 5) is 24.5. The van der Waals surface area contributed by atoms with Crippen LogP contribution in [-0.4, -0.2) is 30.8 Å². The zero-order valence-electron chi connectivity index (χ0n) is 18.9. The monoisotopic (exact) mass is 524 g/mol. The first-order valence-corrected chi connectivity index (χ1v) is 11.5. The number of hydrogen-bond donors (Lipinski definition) is 1. The highest BCUT2D eigenvalue weighted by Crippen LogP contribution is 2.18. The smallest absolute Gasteiger partial charge is 0.343 e. The molecule has 3 aromatic rings. The lowest BCUT2D eigenvalue weighted by atomic mass is 10.2. The molecular formula is C26H25BrN2O5. The van der Waals surface area contributed by atoms with Gasteiger partial charge >= 0.3 is 5.97 Å². The summed E-state index contributed by atoms with van der Waals surface area (Å²) in [5.74, 6) is 0.851. The van der Waals surface area contributed by atoms with Gasteiger partial charge < -0.3 is 14.2 Å². The third kappa shape index (κ3) is 7.74. The summed E-state index contributed by atoms with van der Waals surface area (Å²) < 4.78 is 17.4. The minimum atomic E-state index is -0.715. The molecule has 1 atom stereocenters. The van der Waals surface area contributed by atoms with Crippen molar-refractivity contribution in [3.05, 3.63) is 88.4 Å². The zero-order chi connectivity index (χ0) is 24.3. The Bertz CT molecular complexity index is 1110. The predicted octanol–water partition coefficient (Wildman–Crippen LogP) is 5.37. The van der Waals surface area contributed by atoms with Crippen molar-refractivity contribution in [3.63, 3.8) is 0 Å². The Morgan fingerprint density at radius 2 is 1.56 bits per heavy atom. The van der Waals surface area contributed by atoms with E-state index in [2.05, 4.69) is 26.5 Å². The first-order valence-electron chi connectivity index (χ1n) is 10.7. The van der Waals surface area contributed by atoms with E-state index in [1.807, 2.05) is 19.1 Å². The van der Waals surface area contributed by atoms with E-state index in [4.69, 9.17) is 14.2 Å². The molecule has 0 spiro atoms. The molecule has 1 N–H and O–H groups in total. The van der Waals surface area contributed by atoms with Crippen LogP contribution in [0.4, 0.5) is 0 Å². The van der Waals surface area contributed by atoms with Gasteiger partial charge in [-0.05, 0) is 91.7 Å². The fourth-order valence-corrected chi connectivity index (χ4v) is 2.99. The molecule has 0 aliphatic heterocycles. The first-order chi connectivity index (χ1) is 16.4. The van der Waals surface area contributed by atoms with E-state index in [0.717, 1.165) is 16.5 Å². The van der Waals surface area contributed by atoms with Crippen LogP contribution in [0, 0.1) is 0 Å². The highest BCUT2D eigenvalue weighted by atomic mass is 79.9. The maximum atomic E-state index is 12.3. The van der Waals surface area contributed by atoms with Gasteiger partial charge in [0.05, 0.1) is 18.4 Å². The number of amides is 1. The van der Waals surface area contributed by atoms with E-state index in [9.17, 15) is 9.59 Å². The molecular weight excluding hydrogens is 500 g/mol. The zero-order valence-corrected chi connectivity index (χ0v) is 20.4. The number of nitrogens with one attached hydrogen (secondary N) is 1. The largest absolute Gasteiger partial charge is 0.494 e. The van der Waals surface area contributed by atoms with Crippen LogP contribution >= 0.6 is 15.9 Å². The van der Waals surface area contributed by atoms with Crippen LogP contribution in [0.1, 0.15) is 36.2 Å². The molecule has 176 valence electrons. The minimum Gasteiger partial charge on any atom is -0.494 e. The van der Waals surface area contributed by atoms with Crippen molar-refractivity contribution in [2.24, 2.45) is 5.10 Å². The maximum absolute atomic E-state index is 12.3. The van der Waals surface area contributed by atoms with Gasteiger partial charge in [0, 0.05) is 4.47 Å². The molecule has 8 heteroatoms. The van der Waals surface area contributed by atoms with Crippen molar-refractivity contribution in [3.8, 4) is 17.2 Å². The van der Waals surface area contributed by atoms with E-state index in [0.29, 0.717) is 29.4 Å². The van der Waals surface area contributed by atoms with Gasteiger partial charge in [0.15, 0.2) is 6.10 Å². The lowest BCUT2D eigenvalue weighted by Gasteiger charge is -2.12. The van der Waals surface area contributed by atoms with E-state index in [-0.39, 0.29) is 5.91 Å². The summed E-state index contributed by atoms with van der Waals surface area (Å²) in [5.41, 5.74) is 3.60. The number of benzene rings is 3. The van der Waals surface area contributed by atoms with E-state index in [1.54, 1.807) is 67.6 Å². The Balaban J connectivity index is 1.47. The van der Waals surface area contributed by atoms with Gasteiger partial charge in [-0.25, -0.2) is 10.2 Å². The summed E-state index contributed by atoms with van der Waals surface area (Å²) >= 11 is 3.35. The highest BCUT2D eigenvalue weighted by molar-refractivity contribution is 9.10. The molecule has 3 rings (SSSR count). The van der Waals surface area contributed by atoms with Gasteiger partial charge in [0.1, 0.15) is 17.2 Å². The summed E-state index contributed by atoms with van der Waals surface area (Å²) in [6.45, 7) is 4.30. The number of carbonyl (C=O) groups excluding carboxylic acids is 2. The first kappa shape index (κ1) is 25.0. The highest BCUT2D eigenvalue weighted by Gasteiger charge is 2.14. The van der Waals surface area contributed by atoms with Crippen LogP contribution in [-0.2, 0) is 4.79 Å². The number of carbonyl (C=O) groups is 2. The standard InChI is InChI=1S/C26H25BrN2O5/c1-3-16-32-22-12-6-20(7-13-22)26(31)34-24-10-4-19(5-11-24)17-28-29-25(30)18(2)33-23-14-8-21(27)9-15-23/h4-15,17-18H,3,16H2,1-2H3,(H,29,30)/b28-17+. The molecule has 3 aromatic carbocycles. The van der Waals surface area contributed by atoms with Gasteiger partial charge in [-0.15, -0.1) is 0 Å². The summed E-state index contributed by atoms with van der Waals surface area (Å²) in [6.07, 6.45) is 1.69. The Morgan fingerprint density at radius 1 is 0.941 bits per heavy atom. The Morgan fingerprint density at radius 3 is 2.21 bits per heavy atom. The van der Waals surface area contributed by atoms with Gasteiger partial charge in [0.2, 0.25) is 0 Å². The molecule has 0 saturated carbocycles. The third-order valence-electron chi connectivity index (χ3n) is 4.54. The average Bonchev–Trinajstić information content (AvgIpc) is 2.85. The molecule has 0 bridgehead atoms. The number of halogens is 1. The summed E-state index contributed by atoms with van der Waals surface area (Å²) in [7, 11) is 0. The lowest BCUT2D eigenvalue weighted by Crippen LogP contribution is -2.33. The second-order valence-corrected chi connectivity index (χ2v) is 8.20. The van der Waals surface area contributed by atoms with Crippen LogP contribution in [0.2, 0.25) is 0 Å². The fourth-order valence-electron chi connectivity index (χ4n) is 2.73. The quantitative estimate of drug-likeness (QED) is 0.166. The molecule has 0 fully saturated rings. The number of rotatable bonds is 10. The Hall–Kier alpha value is -3.65. The molecule has 1 amide bonds. The molecule has 0 aliphatic rings. The van der Waals surface area contributed by atoms with Crippen LogP contribution in [0.3, 0.4) is 0 Å². The molecule has 0 aromatic heterocycles. The Kier molecular flexibility index (Phi) is 9.22. The van der Waals surface area contributed by atoms with Gasteiger partial charge in [-0.2, -0.15) is 5.10 Å². The molecule has 0 heterocycles. The molecule has 34 heavy (non-hydrogen) atoms. The number of ether oxygens (including phenoxy) is 3. The van der Waals surface area contributed by atoms with Crippen LogP contribution in [0.5, 0.6) is 17.2 Å². The summed E-state index contributed by atoms with van der Waals surface area (Å²) in [6, 6.07) is 20.8. The van der Waals surface area contributed by atoms with Crippen molar-refractivity contribution in [1.82, 2.24) is 5.43 Å². The van der Waals surface area contributed by atoms with Crippen molar-refractivity contribution in [2.75, 3.05) is 6.61 Å². The van der Waals surface area contributed by atoms with Gasteiger partial charge in [-0.3, -0.25) is 4.79 Å². The normalized spacial score (nSPS) is 11.6. The maximum Gasteiger partial charge on any atom is 0.343 e. The third-order valence-corrected chi connectivity index (χ3v) is 5.07.